The molecular weight excluding hydrogens is 228 g/mol. The third-order valence-electron chi connectivity index (χ3n) is 1.72. The number of hydrogen-bond donors (Lipinski definition) is 2. The summed E-state index contributed by atoms with van der Waals surface area (Å²) in [5.41, 5.74) is 0. The van der Waals surface area contributed by atoms with Gasteiger partial charge in [0.05, 0.1) is 11.5 Å². The quantitative estimate of drug-likeness (QED) is 0.846. The number of nitrogens with zero attached hydrogens (tertiary/aromatic N) is 2. The summed E-state index contributed by atoms with van der Waals surface area (Å²) >= 11 is 1.36. The first kappa shape index (κ1) is 10.6. The zero-order valence-corrected chi connectivity index (χ0v) is 9.37. The predicted molar refractivity (Wildman–Crippen MR) is 59.8 cm³/mol. The van der Waals surface area contributed by atoms with E-state index in [0.717, 1.165) is 0 Å². The molecule has 7 heteroatoms. The molecule has 16 heavy (non-hydrogen) atoms. The van der Waals surface area contributed by atoms with Crippen molar-refractivity contribution in [3.05, 3.63) is 22.4 Å². The molecule has 1 amide bonds. The smallest absolute Gasteiger partial charge is 0.337 e. The van der Waals surface area contributed by atoms with Crippen molar-refractivity contribution in [1.29, 1.82) is 0 Å². The number of amides is 1. The van der Waals surface area contributed by atoms with Crippen LogP contribution in [0.2, 0.25) is 0 Å². The molecule has 0 saturated heterocycles. The van der Waals surface area contributed by atoms with Crippen molar-refractivity contribution in [2.24, 2.45) is 0 Å². The molecule has 0 unspecified atom stereocenters. The van der Waals surface area contributed by atoms with Gasteiger partial charge in [-0.25, -0.2) is 5.10 Å². The number of anilines is 1. The molecule has 0 aliphatic rings. The molecule has 0 atom stereocenters. The van der Waals surface area contributed by atoms with E-state index < -0.39 is 0 Å². The zero-order chi connectivity index (χ0) is 11.4. The van der Waals surface area contributed by atoms with E-state index in [1.807, 2.05) is 18.4 Å². The highest BCUT2D eigenvalue weighted by Gasteiger charge is 2.10. The second kappa shape index (κ2) is 4.75. The molecule has 84 valence electrons. The van der Waals surface area contributed by atoms with Crippen LogP contribution >= 0.6 is 11.3 Å². The molecule has 2 aromatic rings. The number of aromatic nitrogens is 3. The molecule has 2 N–H and O–H groups in total. The maximum atomic E-state index is 11.6. The zero-order valence-electron chi connectivity index (χ0n) is 8.56. The lowest BCUT2D eigenvalue weighted by molar-refractivity contribution is 0.102. The number of H-pyrrole nitrogens is 1. The van der Waals surface area contributed by atoms with Crippen LogP contribution in [0.4, 0.5) is 5.95 Å². The van der Waals surface area contributed by atoms with E-state index >= 15 is 0 Å². The normalized spacial score (nSPS) is 10.1. The topological polar surface area (TPSA) is 79.9 Å². The van der Waals surface area contributed by atoms with Crippen LogP contribution in [-0.4, -0.2) is 27.7 Å². The van der Waals surface area contributed by atoms with Gasteiger partial charge in [-0.2, -0.15) is 4.98 Å². The molecule has 0 aromatic carbocycles. The number of rotatable bonds is 4. The summed E-state index contributed by atoms with van der Waals surface area (Å²) in [6.45, 7) is 2.32. The molecule has 0 aliphatic carbocycles. The van der Waals surface area contributed by atoms with E-state index in [0.29, 0.717) is 11.5 Å². The lowest BCUT2D eigenvalue weighted by atomic mass is 10.4. The monoisotopic (exact) mass is 238 g/mol. The van der Waals surface area contributed by atoms with Gasteiger partial charge in [0, 0.05) is 0 Å². The Morgan fingerprint density at radius 3 is 3.25 bits per heavy atom. The van der Waals surface area contributed by atoms with Crippen LogP contribution in [0, 0.1) is 0 Å². The Labute approximate surface area is 95.7 Å². The van der Waals surface area contributed by atoms with Crippen molar-refractivity contribution in [2.75, 3.05) is 11.9 Å². The number of thiophene rings is 1. The Hall–Kier alpha value is -1.89. The molecular formula is C9H10N4O2S. The van der Waals surface area contributed by atoms with Crippen LogP contribution in [0.1, 0.15) is 16.6 Å². The number of carbonyl (C=O) groups excluding carboxylic acids is 1. The molecule has 0 spiro atoms. The molecule has 2 aromatic heterocycles. The van der Waals surface area contributed by atoms with Gasteiger partial charge in [-0.1, -0.05) is 6.07 Å². The highest BCUT2D eigenvalue weighted by Crippen LogP contribution is 2.11. The summed E-state index contributed by atoms with van der Waals surface area (Å²) in [5, 5.41) is 10.8. The Morgan fingerprint density at radius 2 is 2.56 bits per heavy atom. The summed E-state index contributed by atoms with van der Waals surface area (Å²) < 4.78 is 5.06. The standard InChI is InChI=1S/C9H10N4O2S/c1-2-15-9-11-8(12-13-9)10-7(14)6-4-3-5-16-6/h3-5H,2H2,1H3,(H2,10,11,12,13,14). The van der Waals surface area contributed by atoms with Gasteiger partial charge in [0.15, 0.2) is 0 Å². The summed E-state index contributed by atoms with van der Waals surface area (Å²) in [6, 6.07) is 3.77. The minimum Gasteiger partial charge on any atom is -0.463 e. The number of hydrogen-bond acceptors (Lipinski definition) is 5. The average Bonchev–Trinajstić information content (AvgIpc) is 2.89. The number of ether oxygens (including phenoxy) is 1. The van der Waals surface area contributed by atoms with Gasteiger partial charge in [-0.15, -0.1) is 16.4 Å². The summed E-state index contributed by atoms with van der Waals surface area (Å²) in [4.78, 5) is 16.2. The molecule has 2 rings (SSSR count). The van der Waals surface area contributed by atoms with Crippen LogP contribution in [0.25, 0.3) is 0 Å². The van der Waals surface area contributed by atoms with E-state index in [2.05, 4.69) is 20.5 Å². The second-order valence-corrected chi connectivity index (χ2v) is 3.78. The fraction of sp³-hybridized carbons (Fsp3) is 0.222. The molecule has 0 saturated carbocycles. The number of carbonyl (C=O) groups is 1. The van der Waals surface area contributed by atoms with Crippen LogP contribution in [0.3, 0.4) is 0 Å². The van der Waals surface area contributed by atoms with Crippen molar-refractivity contribution < 1.29 is 9.53 Å². The van der Waals surface area contributed by atoms with Crippen LogP contribution in [-0.2, 0) is 0 Å². The Bertz CT molecular complexity index is 466. The Kier molecular flexibility index (Phi) is 3.16. The first-order valence-electron chi connectivity index (χ1n) is 4.69. The third-order valence-corrected chi connectivity index (χ3v) is 2.58. The van der Waals surface area contributed by atoms with Crippen molar-refractivity contribution in [2.45, 2.75) is 6.92 Å². The third kappa shape index (κ3) is 2.37. The highest BCUT2D eigenvalue weighted by molar-refractivity contribution is 7.12. The first-order chi connectivity index (χ1) is 7.79. The maximum Gasteiger partial charge on any atom is 0.337 e. The predicted octanol–water partition coefficient (Wildman–Crippen LogP) is 1.52. The second-order valence-electron chi connectivity index (χ2n) is 2.83. The SMILES string of the molecule is CCOc1n[nH]c(NC(=O)c2cccs2)n1. The highest BCUT2D eigenvalue weighted by atomic mass is 32.1. The van der Waals surface area contributed by atoms with Gasteiger partial charge in [-0.05, 0) is 18.4 Å². The fourth-order valence-corrected chi connectivity index (χ4v) is 1.69. The minimum atomic E-state index is -0.214. The maximum absolute atomic E-state index is 11.6. The van der Waals surface area contributed by atoms with Gasteiger partial charge in [0.2, 0.25) is 5.95 Å². The molecule has 0 bridgehead atoms. The van der Waals surface area contributed by atoms with Gasteiger partial charge < -0.3 is 4.74 Å². The molecule has 0 aliphatic heterocycles. The van der Waals surface area contributed by atoms with Crippen LogP contribution in [0.15, 0.2) is 17.5 Å². The van der Waals surface area contributed by atoms with Crippen molar-refractivity contribution >= 4 is 23.2 Å². The summed E-state index contributed by atoms with van der Waals surface area (Å²) in [7, 11) is 0. The lowest BCUT2D eigenvalue weighted by Gasteiger charge is -1.96. The van der Waals surface area contributed by atoms with Gasteiger partial charge in [0.25, 0.3) is 5.91 Å². The van der Waals surface area contributed by atoms with E-state index in [1.165, 1.54) is 11.3 Å². The molecule has 0 fully saturated rings. The summed E-state index contributed by atoms with van der Waals surface area (Å²) in [5.74, 6) is 0.0658. The van der Waals surface area contributed by atoms with Crippen molar-refractivity contribution in [3.8, 4) is 6.01 Å². The lowest BCUT2D eigenvalue weighted by Crippen LogP contribution is -2.11. The molecule has 2 heterocycles. The average molecular weight is 238 g/mol. The van der Waals surface area contributed by atoms with E-state index in [-0.39, 0.29) is 17.9 Å². The van der Waals surface area contributed by atoms with E-state index in [1.54, 1.807) is 6.07 Å². The molecule has 6 nitrogen and oxygen atoms in total. The Balaban J connectivity index is 2.01. The number of nitrogens with one attached hydrogen (secondary N) is 2. The van der Waals surface area contributed by atoms with E-state index in [4.69, 9.17) is 4.74 Å². The van der Waals surface area contributed by atoms with Crippen LogP contribution < -0.4 is 10.1 Å². The first-order valence-corrected chi connectivity index (χ1v) is 5.57. The Morgan fingerprint density at radius 1 is 1.69 bits per heavy atom. The van der Waals surface area contributed by atoms with E-state index in [9.17, 15) is 4.79 Å². The van der Waals surface area contributed by atoms with Crippen molar-refractivity contribution in [1.82, 2.24) is 15.2 Å². The number of aromatic amines is 1. The fourth-order valence-electron chi connectivity index (χ4n) is 1.07. The van der Waals surface area contributed by atoms with Crippen LogP contribution in [0.5, 0.6) is 6.01 Å². The van der Waals surface area contributed by atoms with Gasteiger partial charge in [-0.3, -0.25) is 10.1 Å². The minimum absolute atomic E-state index is 0.214. The van der Waals surface area contributed by atoms with Crippen molar-refractivity contribution in [3.63, 3.8) is 0 Å². The largest absolute Gasteiger partial charge is 0.463 e. The summed E-state index contributed by atoms with van der Waals surface area (Å²) in [6.07, 6.45) is 0. The van der Waals surface area contributed by atoms with Gasteiger partial charge >= 0.3 is 6.01 Å². The van der Waals surface area contributed by atoms with Gasteiger partial charge in [0.1, 0.15) is 0 Å². The molecule has 0 radical (unpaired) electrons.